The van der Waals surface area contributed by atoms with Crippen molar-refractivity contribution in [3.05, 3.63) is 27.9 Å². The van der Waals surface area contributed by atoms with Crippen LogP contribution in [0.5, 0.6) is 0 Å². The van der Waals surface area contributed by atoms with Crippen LogP contribution in [0.4, 0.5) is 0 Å². The van der Waals surface area contributed by atoms with Crippen molar-refractivity contribution < 1.29 is 4.74 Å². The Morgan fingerprint density at radius 1 is 1.36 bits per heavy atom. The third-order valence-electron chi connectivity index (χ3n) is 4.63. The van der Waals surface area contributed by atoms with E-state index in [0.717, 1.165) is 63.9 Å². The number of likely N-dealkylation sites (tertiary alicyclic amines) is 1. The number of aryl methyl sites for hydroxylation is 1. The highest BCUT2D eigenvalue weighted by Gasteiger charge is 2.27. The van der Waals surface area contributed by atoms with Crippen molar-refractivity contribution in [1.29, 1.82) is 0 Å². The maximum Gasteiger partial charge on any atom is 0.251 e. The van der Waals surface area contributed by atoms with Crippen molar-refractivity contribution in [3.63, 3.8) is 0 Å². The number of nitrogens with zero attached hydrogens (tertiary/aromatic N) is 3. The lowest BCUT2D eigenvalue weighted by molar-refractivity contribution is 0.0260. The molecule has 2 saturated heterocycles. The predicted octanol–water partition coefficient (Wildman–Crippen LogP) is 0.629. The van der Waals surface area contributed by atoms with Gasteiger partial charge in [0.25, 0.3) is 5.56 Å². The summed E-state index contributed by atoms with van der Waals surface area (Å²) in [6.45, 7) is 8.73. The molecule has 22 heavy (non-hydrogen) atoms. The summed E-state index contributed by atoms with van der Waals surface area (Å²) in [6, 6.07) is 2.16. The number of aromatic nitrogens is 2. The van der Waals surface area contributed by atoms with Gasteiger partial charge >= 0.3 is 0 Å². The maximum atomic E-state index is 11.7. The summed E-state index contributed by atoms with van der Waals surface area (Å²) in [6.07, 6.45) is 3.26. The molecule has 0 bridgehead atoms. The van der Waals surface area contributed by atoms with E-state index in [1.165, 1.54) is 12.8 Å². The monoisotopic (exact) mass is 306 g/mol. The van der Waals surface area contributed by atoms with Gasteiger partial charge in [0.05, 0.1) is 19.8 Å². The number of hydrogen-bond acceptors (Lipinski definition) is 5. The summed E-state index contributed by atoms with van der Waals surface area (Å²) < 4.78 is 5.42. The number of morpholine rings is 1. The van der Waals surface area contributed by atoms with E-state index in [9.17, 15) is 4.79 Å². The van der Waals surface area contributed by atoms with Crippen LogP contribution in [0.1, 0.15) is 31.3 Å². The molecule has 1 aromatic heterocycles. The molecule has 2 fully saturated rings. The van der Waals surface area contributed by atoms with Gasteiger partial charge in [-0.05, 0) is 25.8 Å². The van der Waals surface area contributed by atoms with Gasteiger partial charge in [-0.15, -0.1) is 0 Å². The van der Waals surface area contributed by atoms with Crippen LogP contribution in [0, 0.1) is 0 Å². The topological polar surface area (TPSA) is 61.5 Å². The number of ether oxygens (including phenoxy) is 1. The summed E-state index contributed by atoms with van der Waals surface area (Å²) in [7, 11) is 0. The lowest BCUT2D eigenvalue weighted by Crippen LogP contribution is -2.45. The Kier molecular flexibility index (Phi) is 5.23. The minimum absolute atomic E-state index is 0.0363. The molecule has 0 aliphatic carbocycles. The van der Waals surface area contributed by atoms with E-state index in [1.54, 1.807) is 6.07 Å². The van der Waals surface area contributed by atoms with Crippen molar-refractivity contribution >= 4 is 0 Å². The maximum absolute atomic E-state index is 11.7. The van der Waals surface area contributed by atoms with Crippen molar-refractivity contribution in [2.45, 2.75) is 38.8 Å². The van der Waals surface area contributed by atoms with Gasteiger partial charge < -0.3 is 9.72 Å². The van der Waals surface area contributed by atoms with Crippen molar-refractivity contribution in [3.8, 4) is 0 Å². The standard InChI is InChI=1S/C16H26N4O2/c1-2-13-10-16(21)18-15(17-13)12-20-5-3-4-14(20)11-19-6-8-22-9-7-19/h10,14H,2-9,11-12H2,1H3,(H,17,18,21)/t14-/m0/s1. The normalized spacial score (nSPS) is 24.0. The zero-order valence-corrected chi connectivity index (χ0v) is 13.4. The number of H-pyrrole nitrogens is 1. The molecule has 3 heterocycles. The molecule has 3 rings (SSSR count). The highest BCUT2D eigenvalue weighted by Crippen LogP contribution is 2.20. The molecule has 2 aliphatic rings. The first-order valence-electron chi connectivity index (χ1n) is 8.38. The molecule has 1 aromatic rings. The average molecular weight is 306 g/mol. The van der Waals surface area contributed by atoms with Gasteiger partial charge in [0.1, 0.15) is 5.82 Å². The Bertz CT molecular complexity index is 539. The first-order chi connectivity index (χ1) is 10.7. The average Bonchev–Trinajstić information content (AvgIpc) is 2.94. The molecule has 0 unspecified atom stereocenters. The fourth-order valence-electron chi connectivity index (χ4n) is 3.40. The molecule has 1 atom stereocenters. The van der Waals surface area contributed by atoms with E-state index in [-0.39, 0.29) is 5.56 Å². The molecular weight excluding hydrogens is 280 g/mol. The fourth-order valence-corrected chi connectivity index (χ4v) is 3.40. The number of rotatable bonds is 5. The summed E-state index contributed by atoms with van der Waals surface area (Å²) in [5.74, 6) is 0.804. The first-order valence-corrected chi connectivity index (χ1v) is 8.38. The van der Waals surface area contributed by atoms with E-state index >= 15 is 0 Å². The zero-order valence-electron chi connectivity index (χ0n) is 13.4. The largest absolute Gasteiger partial charge is 0.379 e. The summed E-state index contributed by atoms with van der Waals surface area (Å²) in [5.41, 5.74) is 0.841. The molecule has 2 aliphatic heterocycles. The summed E-state index contributed by atoms with van der Waals surface area (Å²) in [5, 5.41) is 0. The van der Waals surface area contributed by atoms with Crippen LogP contribution in [-0.2, 0) is 17.7 Å². The molecule has 6 nitrogen and oxygen atoms in total. The second kappa shape index (κ2) is 7.35. The molecule has 0 spiro atoms. The van der Waals surface area contributed by atoms with E-state index in [4.69, 9.17) is 4.74 Å². The second-order valence-electron chi connectivity index (χ2n) is 6.22. The first kappa shape index (κ1) is 15.6. The van der Waals surface area contributed by atoms with Gasteiger partial charge in [0.15, 0.2) is 0 Å². The molecule has 0 saturated carbocycles. The number of hydrogen-bond donors (Lipinski definition) is 1. The Hall–Kier alpha value is -1.24. The quantitative estimate of drug-likeness (QED) is 0.864. The summed E-state index contributed by atoms with van der Waals surface area (Å²) in [4.78, 5) is 24.1. The second-order valence-corrected chi connectivity index (χ2v) is 6.22. The van der Waals surface area contributed by atoms with E-state index in [1.807, 2.05) is 6.92 Å². The van der Waals surface area contributed by atoms with Crippen LogP contribution >= 0.6 is 0 Å². The van der Waals surface area contributed by atoms with Gasteiger partial charge in [-0.2, -0.15) is 0 Å². The highest BCUT2D eigenvalue weighted by molar-refractivity contribution is 5.03. The Labute approximate surface area is 131 Å². The fraction of sp³-hybridized carbons (Fsp3) is 0.750. The van der Waals surface area contributed by atoms with Gasteiger partial charge in [-0.1, -0.05) is 6.92 Å². The molecule has 0 aromatic carbocycles. The smallest absolute Gasteiger partial charge is 0.251 e. The lowest BCUT2D eigenvalue weighted by Gasteiger charge is -2.32. The molecular formula is C16H26N4O2. The molecule has 0 radical (unpaired) electrons. The molecule has 1 N–H and O–H groups in total. The molecule has 0 amide bonds. The van der Waals surface area contributed by atoms with Gasteiger partial charge in [-0.3, -0.25) is 14.6 Å². The number of nitrogens with one attached hydrogen (secondary N) is 1. The van der Waals surface area contributed by atoms with Crippen LogP contribution < -0.4 is 5.56 Å². The molecule has 6 heteroatoms. The highest BCUT2D eigenvalue weighted by atomic mass is 16.5. The van der Waals surface area contributed by atoms with Crippen molar-refractivity contribution in [2.75, 3.05) is 39.4 Å². The Morgan fingerprint density at radius 3 is 2.95 bits per heavy atom. The van der Waals surface area contributed by atoms with E-state index in [2.05, 4.69) is 19.8 Å². The van der Waals surface area contributed by atoms with Crippen molar-refractivity contribution in [1.82, 2.24) is 19.8 Å². The van der Waals surface area contributed by atoms with Crippen LogP contribution in [-0.4, -0.2) is 65.2 Å². The van der Waals surface area contributed by atoms with Crippen LogP contribution in [0.25, 0.3) is 0 Å². The zero-order chi connectivity index (χ0) is 15.4. The van der Waals surface area contributed by atoms with Crippen LogP contribution in [0.15, 0.2) is 10.9 Å². The predicted molar refractivity (Wildman–Crippen MR) is 84.9 cm³/mol. The third-order valence-corrected chi connectivity index (χ3v) is 4.63. The van der Waals surface area contributed by atoms with Crippen LogP contribution in [0.3, 0.4) is 0 Å². The van der Waals surface area contributed by atoms with E-state index in [0.29, 0.717) is 6.04 Å². The van der Waals surface area contributed by atoms with Gasteiger partial charge in [0.2, 0.25) is 0 Å². The van der Waals surface area contributed by atoms with Gasteiger partial charge in [-0.25, -0.2) is 4.98 Å². The number of aromatic amines is 1. The minimum Gasteiger partial charge on any atom is -0.379 e. The lowest BCUT2D eigenvalue weighted by atomic mass is 10.2. The summed E-state index contributed by atoms with van der Waals surface area (Å²) >= 11 is 0. The third kappa shape index (κ3) is 3.94. The van der Waals surface area contributed by atoms with Crippen LogP contribution in [0.2, 0.25) is 0 Å². The molecule has 122 valence electrons. The SMILES string of the molecule is CCc1cc(=O)[nH]c(CN2CCC[C@H]2CN2CCOCC2)n1. The van der Waals surface area contributed by atoms with Crippen molar-refractivity contribution in [2.24, 2.45) is 0 Å². The van der Waals surface area contributed by atoms with Gasteiger partial charge in [0, 0.05) is 37.4 Å². The Morgan fingerprint density at radius 2 is 2.18 bits per heavy atom. The van der Waals surface area contributed by atoms with E-state index < -0.39 is 0 Å². The minimum atomic E-state index is -0.0363. The Balaban J connectivity index is 1.63.